The molecule has 0 aliphatic carbocycles. The Labute approximate surface area is 263 Å². The molecule has 0 bridgehead atoms. The largest absolute Gasteiger partial charge is 0.450 e. The average molecular weight is 673 g/mol. The number of amides is 2. The molecule has 1 aromatic carbocycles. The van der Waals surface area contributed by atoms with Crippen LogP contribution in [0.3, 0.4) is 0 Å². The van der Waals surface area contributed by atoms with Gasteiger partial charge in [0, 0.05) is 54.3 Å². The number of carbonyl (C=O) groups is 1. The van der Waals surface area contributed by atoms with Crippen molar-refractivity contribution in [3.8, 4) is 11.5 Å². The molecule has 2 fully saturated rings. The summed E-state index contributed by atoms with van der Waals surface area (Å²) >= 11 is 0. The summed E-state index contributed by atoms with van der Waals surface area (Å²) in [6.07, 6.45) is -1.71. The monoisotopic (exact) mass is 672 g/mol. The van der Waals surface area contributed by atoms with Gasteiger partial charge >= 0.3 is 12.2 Å². The summed E-state index contributed by atoms with van der Waals surface area (Å²) in [4.78, 5) is 16.7. The fraction of sp³-hybridized carbons (Fsp3) is 0.533. The van der Waals surface area contributed by atoms with Gasteiger partial charge in [-0.25, -0.2) is 18.6 Å². The van der Waals surface area contributed by atoms with Crippen molar-refractivity contribution in [1.82, 2.24) is 14.9 Å². The van der Waals surface area contributed by atoms with Crippen LogP contribution in [-0.4, -0.2) is 76.0 Å². The maximum Gasteiger partial charge on any atom is 0.411 e. The van der Waals surface area contributed by atoms with Crippen molar-refractivity contribution in [3.63, 3.8) is 0 Å². The van der Waals surface area contributed by atoms with Crippen LogP contribution in [0, 0.1) is 17.0 Å². The minimum atomic E-state index is -4.61. The van der Waals surface area contributed by atoms with E-state index in [0.717, 1.165) is 18.2 Å². The predicted octanol–water partition coefficient (Wildman–Crippen LogP) is 6.38. The molecule has 0 radical (unpaired) electrons. The molecule has 2 aliphatic rings. The van der Waals surface area contributed by atoms with E-state index in [9.17, 15) is 18.0 Å². The number of benzene rings is 1. The molecular formula is C30H37F5N4O6Si-. The zero-order chi connectivity index (χ0) is 33.3. The van der Waals surface area contributed by atoms with Gasteiger partial charge in [-0.3, -0.25) is 0 Å². The second kappa shape index (κ2) is 13.1. The van der Waals surface area contributed by atoms with Crippen LogP contribution in [0.1, 0.15) is 12.5 Å². The fourth-order valence-corrected chi connectivity index (χ4v) is 5.70. The van der Waals surface area contributed by atoms with Crippen LogP contribution in [0.25, 0.3) is 11.0 Å². The Hall–Kier alpha value is -3.31. The van der Waals surface area contributed by atoms with Gasteiger partial charge in [-0.2, -0.15) is 32.8 Å². The highest BCUT2D eigenvalue weighted by molar-refractivity contribution is 6.76. The second-order valence-corrected chi connectivity index (χ2v) is 18.9. The minimum Gasteiger partial charge on any atom is -0.450 e. The van der Waals surface area contributed by atoms with Crippen molar-refractivity contribution in [3.05, 3.63) is 47.8 Å². The summed E-state index contributed by atoms with van der Waals surface area (Å²) in [6, 6.07) is 3.38. The summed E-state index contributed by atoms with van der Waals surface area (Å²) in [5.74, 6) is -3.09. The molecule has 16 heteroatoms. The Bertz CT molecular complexity index is 1550. The maximum atomic E-state index is 15.3. The van der Waals surface area contributed by atoms with Crippen LogP contribution in [0.2, 0.25) is 25.7 Å². The standard InChI is InChI=1S/C30H37F5N4O6Si/c1-28(13-42-14-28)12-37-27(40)38-19-9-21(31)25(22(32)10-19)45-23-5-6-36-26-24(23)20(11-39(26)18-41-7-8-46(2,3)4)29(15-43-16-29)44-17-30(33,34)35/h5-6,9-11H,7-8,12-18H2,1-4H3,(H2,37,38,40)/q-1. The number of ether oxygens (including phenoxy) is 5. The highest BCUT2D eigenvalue weighted by atomic mass is 28.3. The molecule has 253 valence electrons. The van der Waals surface area contributed by atoms with E-state index in [1.54, 1.807) is 10.8 Å². The molecule has 46 heavy (non-hydrogen) atoms. The van der Waals surface area contributed by atoms with E-state index in [2.05, 4.69) is 35.3 Å². The Morgan fingerprint density at radius 3 is 2.35 bits per heavy atom. The van der Waals surface area contributed by atoms with Gasteiger partial charge in [0.15, 0.2) is 17.4 Å². The van der Waals surface area contributed by atoms with Gasteiger partial charge in [0.25, 0.3) is 0 Å². The van der Waals surface area contributed by atoms with Crippen LogP contribution in [0.4, 0.5) is 32.4 Å². The van der Waals surface area contributed by atoms with Crippen molar-refractivity contribution in [2.75, 3.05) is 51.5 Å². The number of hydrogen-bond donors (Lipinski definition) is 2. The summed E-state index contributed by atoms with van der Waals surface area (Å²) < 4.78 is 99.3. The Kier molecular flexibility index (Phi) is 9.66. The summed E-state index contributed by atoms with van der Waals surface area (Å²) in [7, 11) is -1.40. The number of hydrogen-bond acceptors (Lipinski definition) is 7. The van der Waals surface area contributed by atoms with E-state index < -0.39 is 49.9 Å². The van der Waals surface area contributed by atoms with Crippen LogP contribution in [0.5, 0.6) is 11.5 Å². The molecule has 0 spiro atoms. The van der Waals surface area contributed by atoms with Gasteiger partial charge in [0.05, 0.1) is 31.8 Å². The van der Waals surface area contributed by atoms with Crippen LogP contribution in [0.15, 0.2) is 30.6 Å². The number of carbonyl (C=O) groups excluding carboxylic acids is 1. The van der Waals surface area contributed by atoms with Gasteiger partial charge in [-0.15, -0.1) is 14.1 Å². The molecule has 5 rings (SSSR count). The first kappa shape index (κ1) is 34.0. The molecule has 2 saturated heterocycles. The van der Waals surface area contributed by atoms with E-state index in [1.165, 1.54) is 12.3 Å². The summed E-state index contributed by atoms with van der Waals surface area (Å²) in [5.41, 5.74) is -1.37. The summed E-state index contributed by atoms with van der Waals surface area (Å²) in [5, 5.41) is 5.24. The Morgan fingerprint density at radius 1 is 1.11 bits per heavy atom. The quantitative estimate of drug-likeness (QED) is 0.123. The summed E-state index contributed by atoms with van der Waals surface area (Å²) in [6.45, 7) is 8.39. The fourth-order valence-electron chi connectivity index (χ4n) is 4.94. The first-order valence-corrected chi connectivity index (χ1v) is 18.4. The maximum absolute atomic E-state index is 15.3. The number of rotatable bonds is 13. The van der Waals surface area contributed by atoms with E-state index in [4.69, 9.17) is 23.7 Å². The Balaban J connectivity index is 1.43. The molecule has 2 aliphatic heterocycles. The highest BCUT2D eigenvalue weighted by Crippen LogP contribution is 2.44. The van der Waals surface area contributed by atoms with Crippen LogP contribution >= 0.6 is 0 Å². The number of halogens is 5. The smallest absolute Gasteiger partial charge is 0.411 e. The molecule has 2 N–H and O–H groups in total. The van der Waals surface area contributed by atoms with E-state index in [0.29, 0.717) is 26.4 Å². The number of nitrogens with zero attached hydrogens (tertiary/aromatic N) is 2. The van der Waals surface area contributed by atoms with Crippen molar-refractivity contribution in [1.29, 1.82) is 0 Å². The molecule has 2 aromatic heterocycles. The third-order valence-electron chi connectivity index (χ3n) is 7.66. The number of anilines is 1. The number of urea groups is 1. The lowest BCUT2D eigenvalue weighted by atomic mass is 9.89. The van der Waals surface area contributed by atoms with Crippen LogP contribution in [-0.2, 0) is 31.3 Å². The third kappa shape index (κ3) is 7.97. The molecular weight excluding hydrogens is 635 g/mol. The van der Waals surface area contributed by atoms with Gasteiger partial charge in [0.1, 0.15) is 30.3 Å². The molecule has 0 saturated carbocycles. The van der Waals surface area contributed by atoms with E-state index >= 15 is 8.78 Å². The molecule has 4 heterocycles. The third-order valence-corrected chi connectivity index (χ3v) is 9.37. The van der Waals surface area contributed by atoms with Gasteiger partial charge in [-0.1, -0.05) is 6.92 Å². The SMILES string of the molecule is CC1(CNC(=O)Nc2cc(F)c(Oc3ccnc4c3c(C3(OCC(F)(F)F)COC3)cn4COCC[Si-](C)(C)C)c(F)c2)COC1. The molecule has 10 nitrogen and oxygen atoms in total. The van der Waals surface area contributed by atoms with E-state index in [-0.39, 0.29) is 53.4 Å². The highest BCUT2D eigenvalue weighted by Gasteiger charge is 2.47. The van der Waals surface area contributed by atoms with Crippen LogP contribution < -0.4 is 15.4 Å². The molecule has 0 atom stereocenters. The topological polar surface area (TPSA) is 105 Å². The van der Waals surface area contributed by atoms with Crippen molar-refractivity contribution >= 4 is 30.8 Å². The zero-order valence-electron chi connectivity index (χ0n) is 26.0. The Morgan fingerprint density at radius 2 is 1.78 bits per heavy atom. The minimum absolute atomic E-state index is 0.0188. The number of aromatic nitrogens is 2. The van der Waals surface area contributed by atoms with E-state index in [1.807, 2.05) is 6.92 Å². The van der Waals surface area contributed by atoms with Crippen molar-refractivity contribution < 1.29 is 50.4 Å². The lowest BCUT2D eigenvalue weighted by Gasteiger charge is -2.41. The predicted molar refractivity (Wildman–Crippen MR) is 161 cm³/mol. The first-order valence-electron chi connectivity index (χ1n) is 14.7. The normalized spacial score (nSPS) is 17.3. The van der Waals surface area contributed by atoms with Gasteiger partial charge < -0.3 is 38.9 Å². The zero-order valence-corrected chi connectivity index (χ0v) is 27.0. The van der Waals surface area contributed by atoms with Gasteiger partial charge in [-0.05, 0) is 6.07 Å². The lowest BCUT2D eigenvalue weighted by molar-refractivity contribution is -0.267. The van der Waals surface area contributed by atoms with Crippen molar-refractivity contribution in [2.45, 2.75) is 51.1 Å². The van der Waals surface area contributed by atoms with Crippen molar-refractivity contribution in [2.24, 2.45) is 5.41 Å². The molecule has 2 amide bonds. The van der Waals surface area contributed by atoms with Gasteiger partial charge in [0.2, 0.25) is 0 Å². The number of nitrogens with one attached hydrogen (secondary N) is 2. The number of fused-ring (bicyclic) bond motifs is 1. The first-order chi connectivity index (χ1) is 21.6. The molecule has 0 unspecified atom stereocenters. The number of alkyl halides is 3. The lowest BCUT2D eigenvalue weighted by Crippen LogP contribution is -2.50. The molecule has 3 aromatic rings. The number of pyridine rings is 1. The average Bonchev–Trinajstić information content (AvgIpc) is 3.29. The second-order valence-electron chi connectivity index (χ2n) is 13.2.